The van der Waals surface area contributed by atoms with Crippen molar-refractivity contribution in [3.8, 4) is 6.07 Å². The molecule has 0 bridgehead atoms. The van der Waals surface area contributed by atoms with Gasteiger partial charge in [0.2, 0.25) is 11.8 Å². The summed E-state index contributed by atoms with van der Waals surface area (Å²) >= 11 is 5.98. The third-order valence-corrected chi connectivity index (χ3v) is 4.91. The van der Waals surface area contributed by atoms with Crippen molar-refractivity contribution in [2.24, 2.45) is 0 Å². The Labute approximate surface area is 163 Å². The third kappa shape index (κ3) is 4.66. The summed E-state index contributed by atoms with van der Waals surface area (Å²) in [4.78, 5) is 27.0. The van der Waals surface area contributed by atoms with Crippen LogP contribution < -0.4 is 5.32 Å². The lowest BCUT2D eigenvalue weighted by Crippen LogP contribution is -2.47. The molecule has 27 heavy (non-hydrogen) atoms. The van der Waals surface area contributed by atoms with Gasteiger partial charge in [0.15, 0.2) is 0 Å². The fourth-order valence-corrected chi connectivity index (χ4v) is 3.52. The number of rotatable bonds is 5. The first kappa shape index (κ1) is 18.9. The highest BCUT2D eigenvalue weighted by Gasteiger charge is 2.34. The van der Waals surface area contributed by atoms with Crippen LogP contribution in [-0.4, -0.2) is 29.3 Å². The standard InChI is InChI=1S/C21H20ClN3O2/c22-17-9-4-8-16(13-17)18(14-23)24-21(27)19-10-5-11-25(19)20(26)12-15-6-2-1-3-7-15/h1-4,6-9,13,18-19H,5,10-12H2,(H,24,27)/t18?,19-/m0/s1. The minimum atomic E-state index is -0.803. The Balaban J connectivity index is 1.67. The predicted molar refractivity (Wildman–Crippen MR) is 103 cm³/mol. The van der Waals surface area contributed by atoms with Crippen LogP contribution in [0.4, 0.5) is 0 Å². The number of amides is 2. The minimum Gasteiger partial charge on any atom is -0.335 e. The highest BCUT2D eigenvalue weighted by atomic mass is 35.5. The normalized spacial score (nSPS) is 17.2. The van der Waals surface area contributed by atoms with Crippen LogP contribution in [0.5, 0.6) is 0 Å². The van der Waals surface area contributed by atoms with Crippen molar-refractivity contribution in [3.05, 3.63) is 70.7 Å². The van der Waals surface area contributed by atoms with Crippen molar-refractivity contribution in [2.45, 2.75) is 31.3 Å². The molecule has 2 atom stereocenters. The average Bonchev–Trinajstić information content (AvgIpc) is 3.17. The molecule has 2 amide bonds. The SMILES string of the molecule is N#CC(NC(=O)[C@@H]1CCCN1C(=O)Cc1ccccc1)c1cccc(Cl)c1. The summed E-state index contributed by atoms with van der Waals surface area (Å²) in [7, 11) is 0. The van der Waals surface area contributed by atoms with Crippen molar-refractivity contribution in [1.82, 2.24) is 10.2 Å². The number of hydrogen-bond acceptors (Lipinski definition) is 3. The van der Waals surface area contributed by atoms with Crippen molar-refractivity contribution in [2.75, 3.05) is 6.54 Å². The summed E-state index contributed by atoms with van der Waals surface area (Å²) in [5.74, 6) is -0.379. The van der Waals surface area contributed by atoms with E-state index in [0.29, 0.717) is 23.6 Å². The number of benzene rings is 2. The minimum absolute atomic E-state index is 0.0740. The first-order valence-corrected chi connectivity index (χ1v) is 9.25. The van der Waals surface area contributed by atoms with Gasteiger partial charge in [-0.15, -0.1) is 0 Å². The molecule has 1 heterocycles. The van der Waals surface area contributed by atoms with E-state index < -0.39 is 12.1 Å². The quantitative estimate of drug-likeness (QED) is 0.863. The van der Waals surface area contributed by atoms with Crippen molar-refractivity contribution < 1.29 is 9.59 Å². The smallest absolute Gasteiger partial charge is 0.244 e. The molecule has 1 N–H and O–H groups in total. The number of hydrogen-bond donors (Lipinski definition) is 1. The fraction of sp³-hybridized carbons (Fsp3) is 0.286. The number of carbonyl (C=O) groups excluding carboxylic acids is 2. The highest BCUT2D eigenvalue weighted by molar-refractivity contribution is 6.30. The summed E-state index contributed by atoms with van der Waals surface area (Å²) in [6.07, 6.45) is 1.63. The maximum Gasteiger partial charge on any atom is 0.244 e. The Bertz CT molecular complexity index is 863. The Morgan fingerprint density at radius 1 is 1.22 bits per heavy atom. The van der Waals surface area contributed by atoms with Gasteiger partial charge in [0, 0.05) is 11.6 Å². The molecule has 5 nitrogen and oxygen atoms in total. The van der Waals surface area contributed by atoms with Crippen LogP contribution in [0, 0.1) is 11.3 Å². The summed E-state index contributed by atoms with van der Waals surface area (Å²) in [6, 6.07) is 17.1. The van der Waals surface area contributed by atoms with Crippen LogP contribution >= 0.6 is 11.6 Å². The monoisotopic (exact) mass is 381 g/mol. The molecule has 3 rings (SSSR count). The molecule has 2 aromatic rings. The number of nitriles is 1. The van der Waals surface area contributed by atoms with Gasteiger partial charge >= 0.3 is 0 Å². The lowest BCUT2D eigenvalue weighted by molar-refractivity contribution is -0.138. The molecular formula is C21H20ClN3O2. The molecule has 0 aromatic heterocycles. The second-order valence-corrected chi connectivity index (χ2v) is 6.97. The number of nitrogens with one attached hydrogen (secondary N) is 1. The Hall–Kier alpha value is -2.84. The van der Waals surface area contributed by atoms with E-state index in [1.54, 1.807) is 29.2 Å². The van der Waals surface area contributed by atoms with E-state index >= 15 is 0 Å². The van der Waals surface area contributed by atoms with Gasteiger partial charge in [-0.1, -0.05) is 54.1 Å². The number of nitrogens with zero attached hydrogens (tertiary/aromatic N) is 2. The van der Waals surface area contributed by atoms with Crippen LogP contribution in [-0.2, 0) is 16.0 Å². The van der Waals surface area contributed by atoms with E-state index in [9.17, 15) is 14.9 Å². The van der Waals surface area contributed by atoms with Crippen LogP contribution in [0.3, 0.4) is 0 Å². The van der Waals surface area contributed by atoms with Crippen LogP contribution in [0.2, 0.25) is 5.02 Å². The van der Waals surface area contributed by atoms with E-state index in [4.69, 9.17) is 11.6 Å². The summed E-state index contributed by atoms with van der Waals surface area (Å²) in [5, 5.41) is 12.7. The largest absolute Gasteiger partial charge is 0.335 e. The maximum absolute atomic E-state index is 12.8. The van der Waals surface area contributed by atoms with Crippen LogP contribution in [0.1, 0.15) is 30.0 Å². The molecule has 1 aliphatic heterocycles. The predicted octanol–water partition coefficient (Wildman–Crippen LogP) is 3.25. The second-order valence-electron chi connectivity index (χ2n) is 6.53. The zero-order chi connectivity index (χ0) is 19.2. The molecule has 1 saturated heterocycles. The Morgan fingerprint density at radius 3 is 2.70 bits per heavy atom. The maximum atomic E-state index is 12.8. The van der Waals surface area contributed by atoms with Gasteiger partial charge < -0.3 is 10.2 Å². The molecular weight excluding hydrogens is 362 g/mol. The number of carbonyl (C=O) groups is 2. The lowest BCUT2D eigenvalue weighted by atomic mass is 10.1. The topological polar surface area (TPSA) is 73.2 Å². The average molecular weight is 382 g/mol. The molecule has 2 aromatic carbocycles. The fourth-order valence-electron chi connectivity index (χ4n) is 3.32. The van der Waals surface area contributed by atoms with Gasteiger partial charge in [0.05, 0.1) is 12.5 Å². The molecule has 6 heteroatoms. The molecule has 0 saturated carbocycles. The van der Waals surface area contributed by atoms with Gasteiger partial charge in [0.25, 0.3) is 0 Å². The molecule has 138 valence electrons. The van der Waals surface area contributed by atoms with Gasteiger partial charge in [-0.05, 0) is 36.1 Å². The van der Waals surface area contributed by atoms with Gasteiger partial charge in [-0.2, -0.15) is 5.26 Å². The first-order chi connectivity index (χ1) is 13.1. The highest BCUT2D eigenvalue weighted by Crippen LogP contribution is 2.22. The number of likely N-dealkylation sites (tertiary alicyclic amines) is 1. The zero-order valence-corrected chi connectivity index (χ0v) is 15.5. The van der Waals surface area contributed by atoms with Crippen LogP contribution in [0.25, 0.3) is 0 Å². The van der Waals surface area contributed by atoms with Crippen molar-refractivity contribution in [3.63, 3.8) is 0 Å². The van der Waals surface area contributed by atoms with Gasteiger partial charge in [-0.3, -0.25) is 9.59 Å². The van der Waals surface area contributed by atoms with E-state index in [2.05, 4.69) is 11.4 Å². The van der Waals surface area contributed by atoms with Gasteiger partial charge in [0.1, 0.15) is 12.1 Å². The van der Waals surface area contributed by atoms with Crippen molar-refractivity contribution in [1.29, 1.82) is 5.26 Å². The van der Waals surface area contributed by atoms with E-state index in [0.717, 1.165) is 12.0 Å². The second kappa shape index (κ2) is 8.70. The first-order valence-electron chi connectivity index (χ1n) is 8.87. The van der Waals surface area contributed by atoms with E-state index in [1.165, 1.54) is 0 Å². The van der Waals surface area contributed by atoms with Crippen LogP contribution in [0.15, 0.2) is 54.6 Å². The summed E-state index contributed by atoms with van der Waals surface area (Å²) in [5.41, 5.74) is 1.54. The molecule has 0 radical (unpaired) electrons. The number of halogens is 1. The zero-order valence-electron chi connectivity index (χ0n) is 14.8. The molecule has 1 fully saturated rings. The lowest BCUT2D eigenvalue weighted by Gasteiger charge is -2.25. The molecule has 0 spiro atoms. The van der Waals surface area contributed by atoms with E-state index in [1.807, 2.05) is 30.3 Å². The van der Waals surface area contributed by atoms with Gasteiger partial charge in [-0.25, -0.2) is 0 Å². The Morgan fingerprint density at radius 2 is 2.00 bits per heavy atom. The summed E-state index contributed by atoms with van der Waals surface area (Å²) in [6.45, 7) is 0.554. The van der Waals surface area contributed by atoms with Crippen molar-refractivity contribution >= 4 is 23.4 Å². The molecule has 0 aliphatic carbocycles. The summed E-state index contributed by atoms with van der Waals surface area (Å²) < 4.78 is 0. The third-order valence-electron chi connectivity index (χ3n) is 4.67. The van der Waals surface area contributed by atoms with E-state index in [-0.39, 0.29) is 18.2 Å². The Kier molecular flexibility index (Phi) is 6.10. The molecule has 1 unspecified atom stereocenters. The molecule has 1 aliphatic rings.